The van der Waals surface area contributed by atoms with Gasteiger partial charge in [0.15, 0.2) is 7.14 Å². The molecule has 0 saturated heterocycles. The zero-order valence-electron chi connectivity index (χ0n) is 17.5. The third kappa shape index (κ3) is 18.1. The summed E-state index contributed by atoms with van der Waals surface area (Å²) >= 11 is -0.139. The number of hydrogen-bond donors (Lipinski definition) is 0. The second-order valence-electron chi connectivity index (χ2n) is 6.78. The first-order valence-electron chi connectivity index (χ1n) is 9.85. The Labute approximate surface area is 189 Å². The Hall–Kier alpha value is -1.22. The molecule has 0 aliphatic rings. The van der Waals surface area contributed by atoms with Crippen molar-refractivity contribution in [1.82, 2.24) is 0 Å². The molecule has 10 heteroatoms. The van der Waals surface area contributed by atoms with Crippen LogP contribution in [0.25, 0.3) is 0 Å². The van der Waals surface area contributed by atoms with Crippen LogP contribution in [0.5, 0.6) is 11.5 Å². The van der Waals surface area contributed by atoms with E-state index >= 15 is 0 Å². The Kier molecular flexibility index (Phi) is 10.4. The molecule has 0 aromatic heterocycles. The number of benzene rings is 2. The molecule has 2 rings (SSSR count). The Morgan fingerprint density at radius 1 is 0.677 bits per heavy atom. The molecule has 0 saturated carbocycles. The summed E-state index contributed by atoms with van der Waals surface area (Å²) in [5, 5.41) is 0. The van der Waals surface area contributed by atoms with Crippen LogP contribution in [0, 0.1) is 7.14 Å². The monoisotopic (exact) mass is 584 g/mol. The molecular formula is C21H28F6IO2P. The van der Waals surface area contributed by atoms with Crippen LogP contribution in [0.15, 0.2) is 48.5 Å². The minimum absolute atomic E-state index is 0.139. The minimum atomic E-state index is -10.7. The number of halogens is 7. The molecule has 0 heterocycles. The summed E-state index contributed by atoms with van der Waals surface area (Å²) in [6.07, 6.45) is 7.80. The van der Waals surface area contributed by atoms with Crippen molar-refractivity contribution in [3.63, 3.8) is 0 Å². The number of rotatable bonds is 11. The third-order valence-corrected chi connectivity index (χ3v) is 6.53. The fourth-order valence-corrected chi connectivity index (χ4v) is 4.58. The summed E-state index contributed by atoms with van der Waals surface area (Å²) in [7, 11) is -8.96. The fourth-order valence-electron chi connectivity index (χ4n) is 2.43. The molecule has 0 N–H and O–H groups in total. The molecule has 178 valence electrons. The van der Waals surface area contributed by atoms with Gasteiger partial charge in [0, 0.05) is 0 Å². The van der Waals surface area contributed by atoms with Gasteiger partial charge in [0.2, 0.25) is 0 Å². The summed E-state index contributed by atoms with van der Waals surface area (Å²) in [5.41, 5.74) is 0. The molecule has 0 bridgehead atoms. The molecule has 0 aliphatic carbocycles. The number of ether oxygens (including phenoxy) is 2. The predicted octanol–water partition coefficient (Wildman–Crippen LogP) is 5.95. The van der Waals surface area contributed by atoms with Crippen LogP contribution in [0.1, 0.15) is 45.4 Å². The molecule has 0 atom stereocenters. The van der Waals surface area contributed by atoms with Gasteiger partial charge >= 0.3 is 54.2 Å². The van der Waals surface area contributed by atoms with Gasteiger partial charge in [0.05, 0.1) is 13.7 Å². The van der Waals surface area contributed by atoms with Crippen molar-refractivity contribution in [2.24, 2.45) is 0 Å². The molecule has 0 amide bonds. The van der Waals surface area contributed by atoms with Crippen molar-refractivity contribution in [2.45, 2.75) is 45.4 Å². The zero-order chi connectivity index (χ0) is 23.4. The van der Waals surface area contributed by atoms with Crippen LogP contribution in [0.4, 0.5) is 25.2 Å². The average Bonchev–Trinajstić information content (AvgIpc) is 2.67. The summed E-state index contributed by atoms with van der Waals surface area (Å²) in [4.78, 5) is 0. The van der Waals surface area contributed by atoms with Crippen molar-refractivity contribution in [3.8, 4) is 11.5 Å². The number of methoxy groups -OCH3 is 1. The van der Waals surface area contributed by atoms with Gasteiger partial charge in [0.25, 0.3) is 0 Å². The van der Waals surface area contributed by atoms with Gasteiger partial charge in [-0.2, -0.15) is 0 Å². The molecule has 2 aromatic carbocycles. The summed E-state index contributed by atoms with van der Waals surface area (Å²) in [5.74, 6) is 1.91. The number of hydrogen-bond acceptors (Lipinski definition) is 2. The van der Waals surface area contributed by atoms with E-state index in [1.54, 1.807) is 7.11 Å². The van der Waals surface area contributed by atoms with E-state index in [0.717, 1.165) is 24.5 Å². The molecule has 0 aliphatic heterocycles. The molecule has 0 spiro atoms. The Morgan fingerprint density at radius 2 is 1.10 bits per heavy atom. The van der Waals surface area contributed by atoms with Crippen LogP contribution in [0.2, 0.25) is 0 Å². The summed E-state index contributed by atoms with van der Waals surface area (Å²) < 4.78 is 73.0. The maximum atomic E-state index is 9.87. The SMILES string of the molecule is CCCCCCCCOc1ccc([I+]c2ccc(OC)cc2)cc1.F[P-](F)(F)(F)(F)F. The van der Waals surface area contributed by atoms with Crippen molar-refractivity contribution in [3.05, 3.63) is 55.7 Å². The topological polar surface area (TPSA) is 18.5 Å². The third-order valence-electron chi connectivity index (χ3n) is 3.85. The average molecular weight is 584 g/mol. The second kappa shape index (κ2) is 11.6. The van der Waals surface area contributed by atoms with Gasteiger partial charge in [-0.1, -0.05) is 39.0 Å². The normalized spacial score (nSPS) is 13.4. The van der Waals surface area contributed by atoms with Gasteiger partial charge in [-0.15, -0.1) is 0 Å². The first-order valence-corrected chi connectivity index (χ1v) is 14.0. The van der Waals surface area contributed by atoms with E-state index in [0.29, 0.717) is 0 Å². The predicted molar refractivity (Wildman–Crippen MR) is 109 cm³/mol. The van der Waals surface area contributed by atoms with Crippen LogP contribution >= 0.6 is 7.81 Å². The number of unbranched alkanes of at least 4 members (excludes halogenated alkanes) is 5. The molecular weight excluding hydrogens is 556 g/mol. The van der Waals surface area contributed by atoms with Gasteiger partial charge < -0.3 is 9.47 Å². The zero-order valence-corrected chi connectivity index (χ0v) is 20.5. The second-order valence-corrected chi connectivity index (χ2v) is 11.7. The standard InChI is InChI=1S/C21H28IO2.F6P/c1-3-4-5-6-7-8-17-24-21-15-11-19(12-16-21)22-18-9-13-20(23-2)14-10-18;1-7(2,3,4,5)6/h9-16H,3-8,17H2,1-2H3;/q+1;-1. The van der Waals surface area contributed by atoms with Crippen LogP contribution < -0.4 is 30.7 Å². The van der Waals surface area contributed by atoms with Crippen molar-refractivity contribution in [1.29, 1.82) is 0 Å². The van der Waals surface area contributed by atoms with Crippen LogP contribution in [0.3, 0.4) is 0 Å². The molecule has 2 nitrogen and oxygen atoms in total. The molecule has 0 radical (unpaired) electrons. The van der Waals surface area contributed by atoms with Crippen LogP contribution in [-0.4, -0.2) is 13.7 Å². The van der Waals surface area contributed by atoms with E-state index < -0.39 is 7.81 Å². The quantitative estimate of drug-likeness (QED) is 0.141. The van der Waals surface area contributed by atoms with E-state index in [1.165, 1.54) is 39.2 Å². The Balaban J connectivity index is 0.000000592. The van der Waals surface area contributed by atoms with Crippen molar-refractivity contribution < 1.29 is 55.9 Å². The van der Waals surface area contributed by atoms with Gasteiger partial charge in [-0.25, -0.2) is 0 Å². The van der Waals surface area contributed by atoms with Gasteiger partial charge in [-0.05, 0) is 55.0 Å². The van der Waals surface area contributed by atoms with E-state index in [9.17, 15) is 25.2 Å². The van der Waals surface area contributed by atoms with Crippen molar-refractivity contribution in [2.75, 3.05) is 13.7 Å². The van der Waals surface area contributed by atoms with E-state index in [-0.39, 0.29) is 21.2 Å². The molecule has 0 unspecified atom stereocenters. The Bertz CT molecular complexity index is 754. The van der Waals surface area contributed by atoms with Gasteiger partial charge in [-0.3, -0.25) is 0 Å². The van der Waals surface area contributed by atoms with E-state index in [1.807, 2.05) is 12.1 Å². The van der Waals surface area contributed by atoms with E-state index in [4.69, 9.17) is 9.47 Å². The van der Waals surface area contributed by atoms with Crippen molar-refractivity contribution >= 4 is 7.81 Å². The fraction of sp³-hybridized carbons (Fsp3) is 0.429. The summed E-state index contributed by atoms with van der Waals surface area (Å²) in [6, 6.07) is 17.0. The van der Waals surface area contributed by atoms with Gasteiger partial charge in [0.1, 0.15) is 11.5 Å². The van der Waals surface area contributed by atoms with E-state index in [2.05, 4.69) is 43.3 Å². The summed E-state index contributed by atoms with van der Waals surface area (Å²) in [6.45, 7) is 3.09. The Morgan fingerprint density at radius 3 is 1.55 bits per heavy atom. The van der Waals surface area contributed by atoms with Crippen LogP contribution in [-0.2, 0) is 0 Å². The molecule has 31 heavy (non-hydrogen) atoms. The molecule has 0 fully saturated rings. The first-order chi connectivity index (χ1) is 14.3. The maximum absolute atomic E-state index is 10.7. The first kappa shape index (κ1) is 27.8. The molecule has 2 aromatic rings.